The zero-order valence-corrected chi connectivity index (χ0v) is 13.4. The summed E-state index contributed by atoms with van der Waals surface area (Å²) in [5.74, 6) is -0.704. The third kappa shape index (κ3) is 3.19. The molecule has 0 radical (unpaired) electrons. The maximum absolute atomic E-state index is 12.0. The maximum atomic E-state index is 12.0. The molecule has 0 aliphatic carbocycles. The zero-order valence-electron chi connectivity index (χ0n) is 11.8. The Balaban J connectivity index is 2.29. The van der Waals surface area contributed by atoms with Gasteiger partial charge in [0, 0.05) is 10.8 Å². The number of hydrogen-bond donors (Lipinski definition) is 0. The molecular formula is C14H16O4S2. The van der Waals surface area contributed by atoms with Crippen molar-refractivity contribution in [3.63, 3.8) is 0 Å². The van der Waals surface area contributed by atoms with E-state index >= 15 is 0 Å². The van der Waals surface area contributed by atoms with Crippen molar-refractivity contribution < 1.29 is 19.1 Å². The van der Waals surface area contributed by atoms with Gasteiger partial charge in [-0.1, -0.05) is 0 Å². The minimum Gasteiger partial charge on any atom is -0.459 e. The van der Waals surface area contributed by atoms with Gasteiger partial charge in [-0.05, 0) is 33.8 Å². The second-order valence-electron chi connectivity index (χ2n) is 4.87. The summed E-state index contributed by atoms with van der Waals surface area (Å²) < 4.78 is 11.3. The first-order chi connectivity index (χ1) is 9.38. The maximum Gasteiger partial charge on any atom is 0.348 e. The quantitative estimate of drug-likeness (QED) is 0.798. The van der Waals surface area contributed by atoms with Crippen LogP contribution in [0.4, 0.5) is 0 Å². The molecule has 0 spiro atoms. The van der Waals surface area contributed by atoms with Gasteiger partial charge < -0.3 is 9.47 Å². The van der Waals surface area contributed by atoms with Crippen molar-refractivity contribution in [2.45, 2.75) is 39.9 Å². The van der Waals surface area contributed by atoms with Crippen molar-refractivity contribution in [2.75, 3.05) is 0 Å². The van der Waals surface area contributed by atoms with Gasteiger partial charge in [0.05, 0.1) is 21.8 Å². The van der Waals surface area contributed by atoms with Crippen molar-refractivity contribution in [2.24, 2.45) is 0 Å². The van der Waals surface area contributed by atoms with Crippen LogP contribution in [-0.2, 0) is 9.47 Å². The molecule has 2 rings (SSSR count). The molecule has 2 aromatic heterocycles. The molecule has 0 bridgehead atoms. The largest absolute Gasteiger partial charge is 0.459 e. The lowest BCUT2D eigenvalue weighted by molar-refractivity contribution is 0.0369. The Kier molecular flexibility index (Phi) is 4.45. The normalized spacial score (nSPS) is 11.3. The summed E-state index contributed by atoms with van der Waals surface area (Å²) in [6.45, 7) is 7.22. The molecule has 0 aliphatic rings. The van der Waals surface area contributed by atoms with Crippen LogP contribution in [0.2, 0.25) is 0 Å². The highest BCUT2D eigenvalue weighted by atomic mass is 32.2. The summed E-state index contributed by atoms with van der Waals surface area (Å²) in [5.41, 5.74) is 0.513. The summed E-state index contributed by atoms with van der Waals surface area (Å²) >= 11 is 2.78. The van der Waals surface area contributed by atoms with Crippen molar-refractivity contribution in [3.8, 4) is 0 Å². The molecule has 0 amide bonds. The van der Waals surface area contributed by atoms with Crippen molar-refractivity contribution >= 4 is 44.0 Å². The van der Waals surface area contributed by atoms with Gasteiger partial charge in [-0.2, -0.15) is 0 Å². The highest BCUT2D eigenvalue weighted by Gasteiger charge is 2.20. The minimum atomic E-state index is -0.354. The van der Waals surface area contributed by atoms with E-state index < -0.39 is 0 Å². The summed E-state index contributed by atoms with van der Waals surface area (Å²) in [7, 11) is 0. The van der Waals surface area contributed by atoms with E-state index in [1.807, 2.05) is 0 Å². The molecule has 0 atom stereocenters. The fourth-order valence-electron chi connectivity index (χ4n) is 1.63. The van der Waals surface area contributed by atoms with Crippen LogP contribution in [0.1, 0.15) is 47.7 Å². The van der Waals surface area contributed by atoms with E-state index in [0.717, 1.165) is 9.40 Å². The summed E-state index contributed by atoms with van der Waals surface area (Å²) in [6.07, 6.45) is -0.325. The number of esters is 2. The second kappa shape index (κ2) is 5.93. The van der Waals surface area contributed by atoms with Crippen molar-refractivity contribution in [3.05, 3.63) is 21.9 Å². The number of carbonyl (C=O) groups excluding carboxylic acids is 2. The fourth-order valence-corrected chi connectivity index (χ4v) is 3.77. The molecule has 0 N–H and O–H groups in total. The highest BCUT2D eigenvalue weighted by Crippen LogP contribution is 2.35. The Hall–Kier alpha value is -1.40. The van der Waals surface area contributed by atoms with Crippen molar-refractivity contribution in [1.82, 2.24) is 0 Å². The lowest BCUT2D eigenvalue weighted by Crippen LogP contribution is -2.11. The Labute approximate surface area is 125 Å². The van der Waals surface area contributed by atoms with Gasteiger partial charge >= 0.3 is 11.9 Å². The molecule has 6 heteroatoms. The minimum absolute atomic E-state index is 0.159. The van der Waals surface area contributed by atoms with Crippen molar-refractivity contribution in [1.29, 1.82) is 0 Å². The van der Waals surface area contributed by atoms with Gasteiger partial charge in [-0.25, -0.2) is 9.59 Å². The smallest absolute Gasteiger partial charge is 0.348 e. The Morgan fingerprint density at radius 2 is 1.65 bits per heavy atom. The van der Waals surface area contributed by atoms with E-state index in [4.69, 9.17) is 9.47 Å². The first kappa shape index (κ1) is 15.0. The van der Waals surface area contributed by atoms with E-state index in [-0.39, 0.29) is 24.1 Å². The third-order valence-electron chi connectivity index (χ3n) is 2.38. The predicted molar refractivity (Wildman–Crippen MR) is 80.8 cm³/mol. The van der Waals surface area contributed by atoms with Gasteiger partial charge in [-0.15, -0.1) is 22.7 Å². The van der Waals surface area contributed by atoms with E-state index in [9.17, 15) is 9.59 Å². The average Bonchev–Trinajstić information content (AvgIpc) is 2.84. The number of thiophene rings is 2. The number of fused-ring (bicyclic) bond motifs is 1. The molecule has 2 heterocycles. The molecule has 2 aromatic rings. The van der Waals surface area contributed by atoms with Crippen LogP contribution in [0.5, 0.6) is 0 Å². The average molecular weight is 312 g/mol. The molecule has 20 heavy (non-hydrogen) atoms. The molecular weight excluding hydrogens is 296 g/mol. The van der Waals surface area contributed by atoms with E-state index in [1.165, 1.54) is 22.7 Å². The number of hydrogen-bond acceptors (Lipinski definition) is 6. The van der Waals surface area contributed by atoms with Gasteiger partial charge in [0.1, 0.15) is 4.88 Å². The van der Waals surface area contributed by atoms with Crippen LogP contribution >= 0.6 is 22.7 Å². The lowest BCUT2D eigenvalue weighted by Gasteiger charge is -2.06. The van der Waals surface area contributed by atoms with E-state index in [2.05, 4.69) is 0 Å². The van der Waals surface area contributed by atoms with Crippen LogP contribution in [0.15, 0.2) is 11.4 Å². The molecule has 0 aromatic carbocycles. The molecule has 0 saturated carbocycles. The van der Waals surface area contributed by atoms with Crippen LogP contribution in [0, 0.1) is 0 Å². The lowest BCUT2D eigenvalue weighted by atomic mass is 10.2. The van der Waals surface area contributed by atoms with Crippen LogP contribution in [-0.4, -0.2) is 24.1 Å². The second-order valence-corrected chi connectivity index (χ2v) is 7.06. The molecule has 0 unspecified atom stereocenters. The van der Waals surface area contributed by atoms with E-state index in [0.29, 0.717) is 10.4 Å². The Morgan fingerprint density at radius 1 is 1.05 bits per heavy atom. The molecule has 4 nitrogen and oxygen atoms in total. The fraction of sp³-hybridized carbons (Fsp3) is 0.429. The molecule has 0 saturated heterocycles. The predicted octanol–water partition coefficient (Wildman–Crippen LogP) is 4.09. The monoisotopic (exact) mass is 312 g/mol. The Bertz CT molecular complexity index is 637. The molecule has 108 valence electrons. The SMILES string of the molecule is CC(C)OC(=O)c1cc2c(C(=O)OC(C)C)csc2s1. The zero-order chi connectivity index (χ0) is 14.9. The number of ether oxygens (including phenoxy) is 2. The van der Waals surface area contributed by atoms with Gasteiger partial charge in [0.15, 0.2) is 0 Å². The topological polar surface area (TPSA) is 52.6 Å². The number of rotatable bonds is 4. The molecule has 0 aliphatic heterocycles. The van der Waals surface area contributed by atoms with Crippen LogP contribution in [0.25, 0.3) is 9.40 Å². The van der Waals surface area contributed by atoms with Crippen LogP contribution < -0.4 is 0 Å². The Morgan fingerprint density at radius 3 is 2.25 bits per heavy atom. The van der Waals surface area contributed by atoms with Crippen LogP contribution in [0.3, 0.4) is 0 Å². The first-order valence-corrected chi connectivity index (χ1v) is 8.01. The first-order valence-electron chi connectivity index (χ1n) is 6.31. The van der Waals surface area contributed by atoms with E-state index in [1.54, 1.807) is 39.1 Å². The third-order valence-corrected chi connectivity index (χ3v) is 4.61. The summed E-state index contributed by atoms with van der Waals surface area (Å²) in [4.78, 5) is 24.3. The van der Waals surface area contributed by atoms with Gasteiger partial charge in [-0.3, -0.25) is 0 Å². The summed E-state index contributed by atoms with van der Waals surface area (Å²) in [5, 5.41) is 2.53. The van der Waals surface area contributed by atoms with Gasteiger partial charge in [0.2, 0.25) is 0 Å². The molecule has 0 fully saturated rings. The standard InChI is InChI=1S/C14H16O4S2/c1-7(2)17-12(15)10-6-19-14-9(10)5-11(20-14)13(16)18-8(3)4/h5-8H,1-4H3. The highest BCUT2D eigenvalue weighted by molar-refractivity contribution is 7.38. The number of carbonyl (C=O) groups is 2. The van der Waals surface area contributed by atoms with Gasteiger partial charge in [0.25, 0.3) is 0 Å². The summed E-state index contributed by atoms with van der Waals surface area (Å²) in [6, 6.07) is 1.71.